The summed E-state index contributed by atoms with van der Waals surface area (Å²) in [4.78, 5) is 39.8. The molecule has 0 atom stereocenters. The number of hydrogen-bond donors (Lipinski definition) is 0. The molecule has 0 aliphatic carbocycles. The van der Waals surface area contributed by atoms with Crippen LogP contribution in [0.3, 0.4) is 0 Å². The highest BCUT2D eigenvalue weighted by molar-refractivity contribution is 5.75. The molecule has 0 bridgehead atoms. The first kappa shape index (κ1) is 21.2. The summed E-state index contributed by atoms with van der Waals surface area (Å²) in [6, 6.07) is 13.4. The molecule has 0 N–H and O–H groups in total. The maximum Gasteiger partial charge on any atom is 0.306 e. The smallest absolute Gasteiger partial charge is 0.306 e. The average molecular weight is 409 g/mol. The van der Waals surface area contributed by atoms with Crippen molar-refractivity contribution in [2.24, 2.45) is 0 Å². The van der Waals surface area contributed by atoms with E-state index in [9.17, 15) is 19.7 Å². The summed E-state index contributed by atoms with van der Waals surface area (Å²) < 4.78 is 6.93. The molecule has 8 heteroatoms. The fourth-order valence-electron chi connectivity index (χ4n) is 3.16. The molecule has 0 unspecified atom stereocenters. The summed E-state index contributed by atoms with van der Waals surface area (Å²) in [6.07, 6.45) is 2.01. The topological polar surface area (TPSA) is 104 Å². The fraction of sp³-hybridized carbons (Fsp3) is 0.318. The van der Waals surface area contributed by atoms with Crippen molar-refractivity contribution in [3.63, 3.8) is 0 Å². The number of hydrogen-bond acceptors (Lipinski definition) is 6. The lowest BCUT2D eigenvalue weighted by atomic mass is 10.2. The minimum Gasteiger partial charge on any atom is -0.461 e. The van der Waals surface area contributed by atoms with Gasteiger partial charge < -0.3 is 9.30 Å². The maximum atomic E-state index is 12.9. The van der Waals surface area contributed by atoms with Crippen LogP contribution in [0, 0.1) is 10.1 Å². The standard InChI is InChI=1S/C22H23N3O5/c1-2-3-13-24-20-10-5-4-9-18(20)23-19(22(24)27)11-12-21(26)30-15-16-7-6-8-17(14-16)25(28)29/h4-10,14H,2-3,11-13,15H2,1H3. The number of unbranched alkanes of at least 4 members (excludes halogenated alkanes) is 1. The zero-order valence-electron chi connectivity index (χ0n) is 16.7. The zero-order valence-corrected chi connectivity index (χ0v) is 16.7. The third-order valence-electron chi connectivity index (χ3n) is 4.74. The second kappa shape index (κ2) is 9.78. The first-order chi connectivity index (χ1) is 14.5. The number of para-hydroxylation sites is 2. The Hall–Kier alpha value is -3.55. The van der Waals surface area contributed by atoms with E-state index in [-0.39, 0.29) is 30.7 Å². The van der Waals surface area contributed by atoms with Gasteiger partial charge in [-0.1, -0.05) is 37.6 Å². The van der Waals surface area contributed by atoms with Crippen molar-refractivity contribution in [3.8, 4) is 0 Å². The lowest BCUT2D eigenvalue weighted by Crippen LogP contribution is -2.26. The van der Waals surface area contributed by atoms with Crippen LogP contribution in [0.25, 0.3) is 11.0 Å². The molecular formula is C22H23N3O5. The van der Waals surface area contributed by atoms with Crippen LogP contribution in [0.1, 0.15) is 37.4 Å². The number of aromatic nitrogens is 2. The Labute approximate surface area is 173 Å². The van der Waals surface area contributed by atoms with Crippen LogP contribution in [0.4, 0.5) is 5.69 Å². The van der Waals surface area contributed by atoms with Crippen LogP contribution >= 0.6 is 0 Å². The number of nitrogens with zero attached hydrogens (tertiary/aromatic N) is 3. The normalized spacial score (nSPS) is 10.8. The molecule has 156 valence electrons. The van der Waals surface area contributed by atoms with E-state index in [0.29, 0.717) is 23.3 Å². The van der Waals surface area contributed by atoms with E-state index in [1.165, 1.54) is 12.1 Å². The molecule has 30 heavy (non-hydrogen) atoms. The molecule has 8 nitrogen and oxygen atoms in total. The van der Waals surface area contributed by atoms with Gasteiger partial charge in [0.1, 0.15) is 12.3 Å². The van der Waals surface area contributed by atoms with Gasteiger partial charge in [-0.3, -0.25) is 19.7 Å². The minimum atomic E-state index is -0.500. The molecule has 0 aliphatic rings. The van der Waals surface area contributed by atoms with Gasteiger partial charge in [-0.2, -0.15) is 0 Å². The van der Waals surface area contributed by atoms with Crippen molar-refractivity contribution < 1.29 is 14.5 Å². The molecule has 0 fully saturated rings. The Morgan fingerprint density at radius 2 is 2.00 bits per heavy atom. The number of nitro benzene ring substituents is 1. The van der Waals surface area contributed by atoms with Gasteiger partial charge in [0.2, 0.25) is 0 Å². The average Bonchev–Trinajstić information content (AvgIpc) is 2.76. The van der Waals surface area contributed by atoms with Gasteiger partial charge in [-0.25, -0.2) is 4.98 Å². The molecule has 1 heterocycles. The first-order valence-corrected chi connectivity index (χ1v) is 9.87. The summed E-state index contributed by atoms with van der Waals surface area (Å²) in [7, 11) is 0. The van der Waals surface area contributed by atoms with Crippen LogP contribution in [0.2, 0.25) is 0 Å². The second-order valence-electron chi connectivity index (χ2n) is 6.95. The Kier molecular flexibility index (Phi) is 6.90. The number of rotatable bonds is 9. The largest absolute Gasteiger partial charge is 0.461 e. The van der Waals surface area contributed by atoms with Crippen LogP contribution < -0.4 is 5.56 Å². The highest BCUT2D eigenvalue weighted by Crippen LogP contribution is 2.15. The summed E-state index contributed by atoms with van der Waals surface area (Å²) in [5.41, 5.74) is 2.12. The molecule has 0 saturated carbocycles. The van der Waals surface area contributed by atoms with Gasteiger partial charge >= 0.3 is 5.97 Å². The number of benzene rings is 2. The fourth-order valence-corrected chi connectivity index (χ4v) is 3.16. The van der Waals surface area contributed by atoms with Gasteiger partial charge in [0.15, 0.2) is 0 Å². The lowest BCUT2D eigenvalue weighted by molar-refractivity contribution is -0.384. The Morgan fingerprint density at radius 1 is 1.20 bits per heavy atom. The number of carbonyl (C=O) groups is 1. The monoisotopic (exact) mass is 409 g/mol. The van der Waals surface area contributed by atoms with Gasteiger partial charge in [0, 0.05) is 25.1 Å². The number of esters is 1. The number of aryl methyl sites for hydroxylation is 2. The Balaban J connectivity index is 1.68. The summed E-state index contributed by atoms with van der Waals surface area (Å²) in [5.74, 6) is -0.490. The van der Waals surface area contributed by atoms with Crippen molar-refractivity contribution in [2.45, 2.75) is 45.8 Å². The van der Waals surface area contributed by atoms with E-state index in [4.69, 9.17) is 4.74 Å². The number of ether oxygens (including phenoxy) is 1. The quantitative estimate of drug-likeness (QED) is 0.303. The SMILES string of the molecule is CCCCn1c(=O)c(CCC(=O)OCc2cccc([N+](=O)[O-])c2)nc2ccccc21. The minimum absolute atomic E-state index is 0.00326. The summed E-state index contributed by atoms with van der Waals surface area (Å²) in [6.45, 7) is 2.60. The lowest BCUT2D eigenvalue weighted by Gasteiger charge is -2.12. The molecule has 1 aromatic heterocycles. The Bertz CT molecular complexity index is 1120. The van der Waals surface area contributed by atoms with Crippen molar-refractivity contribution in [3.05, 3.63) is 80.3 Å². The molecule has 3 aromatic rings. The van der Waals surface area contributed by atoms with E-state index < -0.39 is 10.9 Å². The number of non-ortho nitro benzene ring substituents is 1. The maximum absolute atomic E-state index is 12.9. The predicted molar refractivity (Wildman–Crippen MR) is 112 cm³/mol. The van der Waals surface area contributed by atoms with Gasteiger partial charge in [0.25, 0.3) is 11.2 Å². The molecular weight excluding hydrogens is 386 g/mol. The third-order valence-corrected chi connectivity index (χ3v) is 4.74. The molecule has 0 amide bonds. The van der Waals surface area contributed by atoms with E-state index in [0.717, 1.165) is 18.4 Å². The van der Waals surface area contributed by atoms with Crippen LogP contribution in [-0.4, -0.2) is 20.4 Å². The molecule has 0 radical (unpaired) electrons. The van der Waals surface area contributed by atoms with Gasteiger partial charge in [-0.05, 0) is 24.1 Å². The van der Waals surface area contributed by atoms with E-state index in [1.54, 1.807) is 16.7 Å². The zero-order chi connectivity index (χ0) is 21.5. The number of fused-ring (bicyclic) bond motifs is 1. The third kappa shape index (κ3) is 5.08. The predicted octanol–water partition coefficient (Wildman–Crippen LogP) is 3.78. The molecule has 0 saturated heterocycles. The second-order valence-corrected chi connectivity index (χ2v) is 6.95. The van der Waals surface area contributed by atoms with Gasteiger partial charge in [0.05, 0.1) is 22.4 Å². The van der Waals surface area contributed by atoms with E-state index >= 15 is 0 Å². The molecule has 3 rings (SSSR count). The number of carbonyl (C=O) groups excluding carboxylic acids is 1. The molecule has 2 aromatic carbocycles. The summed E-state index contributed by atoms with van der Waals surface area (Å²) in [5, 5.41) is 10.8. The van der Waals surface area contributed by atoms with Crippen molar-refractivity contribution >= 4 is 22.7 Å². The molecule has 0 aliphatic heterocycles. The van der Waals surface area contributed by atoms with Crippen LogP contribution in [0.5, 0.6) is 0 Å². The highest BCUT2D eigenvalue weighted by Gasteiger charge is 2.13. The van der Waals surface area contributed by atoms with Crippen LogP contribution in [0.15, 0.2) is 53.3 Å². The Morgan fingerprint density at radius 3 is 2.77 bits per heavy atom. The van der Waals surface area contributed by atoms with E-state index in [1.807, 2.05) is 24.3 Å². The molecule has 0 spiro atoms. The summed E-state index contributed by atoms with van der Waals surface area (Å²) >= 11 is 0. The van der Waals surface area contributed by atoms with Crippen molar-refractivity contribution in [1.29, 1.82) is 0 Å². The van der Waals surface area contributed by atoms with E-state index in [2.05, 4.69) is 11.9 Å². The van der Waals surface area contributed by atoms with Crippen LogP contribution in [-0.2, 0) is 29.1 Å². The first-order valence-electron chi connectivity index (χ1n) is 9.87. The van der Waals surface area contributed by atoms with Gasteiger partial charge in [-0.15, -0.1) is 0 Å². The van der Waals surface area contributed by atoms with Crippen molar-refractivity contribution in [2.75, 3.05) is 0 Å². The van der Waals surface area contributed by atoms with Crippen molar-refractivity contribution in [1.82, 2.24) is 9.55 Å². The highest BCUT2D eigenvalue weighted by atomic mass is 16.6. The number of nitro groups is 1.